The predicted octanol–water partition coefficient (Wildman–Crippen LogP) is 1.30. The van der Waals surface area contributed by atoms with Gasteiger partial charge in [-0.1, -0.05) is 18.2 Å². The van der Waals surface area contributed by atoms with Gasteiger partial charge in [0.1, 0.15) is 5.75 Å². The molecule has 0 bridgehead atoms. The quantitative estimate of drug-likeness (QED) is 0.885. The maximum absolute atomic E-state index is 12.3. The molecule has 1 amide bonds. The second kappa shape index (κ2) is 5.42. The highest BCUT2D eigenvalue weighted by molar-refractivity contribution is 5.79. The summed E-state index contributed by atoms with van der Waals surface area (Å²) in [6.45, 7) is 2.58. The number of phenols is 1. The zero-order valence-corrected chi connectivity index (χ0v) is 11.4. The first-order chi connectivity index (χ1) is 9.69. The third-order valence-corrected chi connectivity index (χ3v) is 4.02. The van der Waals surface area contributed by atoms with Crippen molar-refractivity contribution in [2.75, 3.05) is 26.3 Å². The number of ether oxygens (including phenoxy) is 2. The molecule has 1 aromatic carbocycles. The number of nitrogens with zero attached hydrogens (tertiary/aromatic N) is 1. The number of rotatable bonds is 2. The monoisotopic (exact) mass is 277 g/mol. The molecule has 0 radical (unpaired) electrons. The van der Waals surface area contributed by atoms with Crippen molar-refractivity contribution in [3.63, 3.8) is 0 Å². The van der Waals surface area contributed by atoms with E-state index in [0.29, 0.717) is 31.9 Å². The number of phenolic OH excluding ortho intramolecular Hbond substituents is 1. The standard InChI is InChI=1S/C15H19NO4/c17-13-4-2-1-3-12(13)11-14(18)16-7-5-15(6-8-16)19-9-10-20-15/h1-4,17H,5-11H2. The summed E-state index contributed by atoms with van der Waals surface area (Å²) in [7, 11) is 0. The average Bonchev–Trinajstić information content (AvgIpc) is 2.90. The van der Waals surface area contributed by atoms with Crippen molar-refractivity contribution in [1.29, 1.82) is 0 Å². The van der Waals surface area contributed by atoms with Gasteiger partial charge in [0.2, 0.25) is 5.91 Å². The molecule has 2 aliphatic rings. The molecule has 1 aromatic rings. The molecule has 1 N–H and O–H groups in total. The number of hydrogen-bond acceptors (Lipinski definition) is 4. The zero-order valence-electron chi connectivity index (χ0n) is 11.4. The molecule has 0 aromatic heterocycles. The van der Waals surface area contributed by atoms with Crippen LogP contribution in [0.4, 0.5) is 0 Å². The number of hydrogen-bond donors (Lipinski definition) is 1. The van der Waals surface area contributed by atoms with Gasteiger partial charge in [-0.2, -0.15) is 0 Å². The van der Waals surface area contributed by atoms with Crippen molar-refractivity contribution in [3.8, 4) is 5.75 Å². The van der Waals surface area contributed by atoms with Crippen LogP contribution in [0.3, 0.4) is 0 Å². The van der Waals surface area contributed by atoms with E-state index < -0.39 is 5.79 Å². The van der Waals surface area contributed by atoms with Crippen molar-refractivity contribution < 1.29 is 19.4 Å². The fraction of sp³-hybridized carbons (Fsp3) is 0.533. The highest BCUT2D eigenvalue weighted by Crippen LogP contribution is 2.31. The third-order valence-electron chi connectivity index (χ3n) is 4.02. The SMILES string of the molecule is O=C(Cc1ccccc1O)N1CCC2(CC1)OCCO2. The van der Waals surface area contributed by atoms with E-state index in [0.717, 1.165) is 12.8 Å². The van der Waals surface area contributed by atoms with E-state index in [4.69, 9.17) is 9.47 Å². The minimum Gasteiger partial charge on any atom is -0.508 e. The maximum Gasteiger partial charge on any atom is 0.227 e. The van der Waals surface area contributed by atoms with Crippen LogP contribution in [0.2, 0.25) is 0 Å². The van der Waals surface area contributed by atoms with Gasteiger partial charge in [-0.15, -0.1) is 0 Å². The van der Waals surface area contributed by atoms with E-state index in [9.17, 15) is 9.90 Å². The Labute approximate surface area is 118 Å². The van der Waals surface area contributed by atoms with Crippen LogP contribution in [0, 0.1) is 0 Å². The van der Waals surface area contributed by atoms with E-state index in [1.165, 1.54) is 0 Å². The molecule has 2 saturated heterocycles. The van der Waals surface area contributed by atoms with Gasteiger partial charge in [0.05, 0.1) is 19.6 Å². The van der Waals surface area contributed by atoms with Crippen LogP contribution in [0.15, 0.2) is 24.3 Å². The molecule has 0 atom stereocenters. The fourth-order valence-corrected chi connectivity index (χ4v) is 2.82. The van der Waals surface area contributed by atoms with Crippen molar-refractivity contribution in [3.05, 3.63) is 29.8 Å². The van der Waals surface area contributed by atoms with Crippen LogP contribution in [-0.4, -0.2) is 48.0 Å². The minimum atomic E-state index is -0.453. The Kier molecular flexibility index (Phi) is 3.63. The molecule has 2 aliphatic heterocycles. The summed E-state index contributed by atoms with van der Waals surface area (Å²) in [5, 5.41) is 9.71. The van der Waals surface area contributed by atoms with Crippen LogP contribution in [0.25, 0.3) is 0 Å². The van der Waals surface area contributed by atoms with Crippen LogP contribution in [-0.2, 0) is 20.7 Å². The lowest BCUT2D eigenvalue weighted by molar-refractivity contribution is -0.187. The summed E-state index contributed by atoms with van der Waals surface area (Å²) in [4.78, 5) is 14.1. The van der Waals surface area contributed by atoms with Gasteiger partial charge in [0.15, 0.2) is 5.79 Å². The lowest BCUT2D eigenvalue weighted by Gasteiger charge is -2.37. The Balaban J connectivity index is 1.58. The lowest BCUT2D eigenvalue weighted by Crippen LogP contribution is -2.47. The van der Waals surface area contributed by atoms with Crippen molar-refractivity contribution in [2.24, 2.45) is 0 Å². The summed E-state index contributed by atoms with van der Waals surface area (Å²) in [6.07, 6.45) is 1.68. The molecule has 5 heteroatoms. The van der Waals surface area contributed by atoms with Gasteiger partial charge >= 0.3 is 0 Å². The minimum absolute atomic E-state index is 0.0411. The Bertz CT molecular complexity index is 486. The summed E-state index contributed by atoms with van der Waals surface area (Å²) in [5.41, 5.74) is 0.672. The van der Waals surface area contributed by atoms with Gasteiger partial charge in [0.25, 0.3) is 0 Å². The predicted molar refractivity (Wildman–Crippen MR) is 72.3 cm³/mol. The number of benzene rings is 1. The summed E-state index contributed by atoms with van der Waals surface area (Å²) >= 11 is 0. The lowest BCUT2D eigenvalue weighted by atomic mass is 10.0. The molecule has 3 rings (SSSR count). The summed E-state index contributed by atoms with van der Waals surface area (Å²) < 4.78 is 11.3. The molecular weight excluding hydrogens is 258 g/mol. The van der Waals surface area contributed by atoms with Crippen molar-refractivity contribution in [1.82, 2.24) is 4.90 Å². The Morgan fingerprint density at radius 3 is 2.50 bits per heavy atom. The zero-order chi connectivity index (χ0) is 14.0. The van der Waals surface area contributed by atoms with Crippen LogP contribution in [0.1, 0.15) is 18.4 Å². The Hall–Kier alpha value is -1.59. The van der Waals surface area contributed by atoms with E-state index >= 15 is 0 Å². The molecule has 0 aliphatic carbocycles. The van der Waals surface area contributed by atoms with Gasteiger partial charge < -0.3 is 19.5 Å². The second-order valence-electron chi connectivity index (χ2n) is 5.29. The molecule has 0 unspecified atom stereocenters. The number of amides is 1. The molecule has 20 heavy (non-hydrogen) atoms. The molecular formula is C15H19NO4. The summed E-state index contributed by atoms with van der Waals surface area (Å²) in [6, 6.07) is 6.96. The maximum atomic E-state index is 12.3. The normalized spacial score (nSPS) is 21.3. The Morgan fingerprint density at radius 2 is 1.85 bits per heavy atom. The van der Waals surface area contributed by atoms with Gasteiger partial charge in [0, 0.05) is 31.5 Å². The van der Waals surface area contributed by atoms with Gasteiger partial charge in [-0.25, -0.2) is 0 Å². The fourth-order valence-electron chi connectivity index (χ4n) is 2.82. The number of para-hydroxylation sites is 1. The highest BCUT2D eigenvalue weighted by Gasteiger charge is 2.40. The van der Waals surface area contributed by atoms with E-state index in [1.54, 1.807) is 18.2 Å². The molecule has 108 valence electrons. The van der Waals surface area contributed by atoms with Gasteiger partial charge in [-0.3, -0.25) is 4.79 Å². The first-order valence-electron chi connectivity index (χ1n) is 7.01. The second-order valence-corrected chi connectivity index (χ2v) is 5.29. The molecule has 2 fully saturated rings. The molecule has 5 nitrogen and oxygen atoms in total. The van der Waals surface area contributed by atoms with Gasteiger partial charge in [-0.05, 0) is 6.07 Å². The first-order valence-corrected chi connectivity index (χ1v) is 7.01. The first kappa shape index (κ1) is 13.4. The molecule has 2 heterocycles. The largest absolute Gasteiger partial charge is 0.508 e. The van der Waals surface area contributed by atoms with Crippen LogP contribution in [0.5, 0.6) is 5.75 Å². The van der Waals surface area contributed by atoms with Crippen LogP contribution < -0.4 is 0 Å². The van der Waals surface area contributed by atoms with E-state index in [-0.39, 0.29) is 18.1 Å². The number of aromatic hydroxyl groups is 1. The van der Waals surface area contributed by atoms with Crippen LogP contribution >= 0.6 is 0 Å². The average molecular weight is 277 g/mol. The van der Waals surface area contributed by atoms with E-state index in [2.05, 4.69) is 0 Å². The number of piperidine rings is 1. The molecule has 1 spiro atoms. The summed E-state index contributed by atoms with van der Waals surface area (Å²) in [5.74, 6) is -0.234. The third kappa shape index (κ3) is 2.64. The topological polar surface area (TPSA) is 59.0 Å². The Morgan fingerprint density at radius 1 is 1.20 bits per heavy atom. The van der Waals surface area contributed by atoms with Crippen molar-refractivity contribution >= 4 is 5.91 Å². The number of carbonyl (C=O) groups is 1. The van der Waals surface area contributed by atoms with E-state index in [1.807, 2.05) is 11.0 Å². The number of likely N-dealkylation sites (tertiary alicyclic amines) is 1. The number of carbonyl (C=O) groups excluding carboxylic acids is 1. The smallest absolute Gasteiger partial charge is 0.227 e. The van der Waals surface area contributed by atoms with Crippen molar-refractivity contribution in [2.45, 2.75) is 25.0 Å². The molecule has 0 saturated carbocycles. The highest BCUT2D eigenvalue weighted by atomic mass is 16.7.